The van der Waals surface area contributed by atoms with Gasteiger partial charge in [0, 0.05) is 12.6 Å². The maximum atomic E-state index is 12.2. The molecule has 0 amide bonds. The van der Waals surface area contributed by atoms with Crippen LogP contribution in [-0.4, -0.2) is 38.5 Å². The Balaban J connectivity index is 1.70. The van der Waals surface area contributed by atoms with Gasteiger partial charge in [-0.3, -0.25) is 0 Å². The summed E-state index contributed by atoms with van der Waals surface area (Å²) < 4.78 is 14.6. The van der Waals surface area contributed by atoms with Crippen molar-refractivity contribution in [3.63, 3.8) is 0 Å². The van der Waals surface area contributed by atoms with Crippen LogP contribution in [0.3, 0.4) is 0 Å². The van der Waals surface area contributed by atoms with Crippen LogP contribution in [-0.2, 0) is 11.8 Å². The number of nitrogens with zero attached hydrogens (tertiary/aromatic N) is 4. The van der Waals surface area contributed by atoms with Crippen molar-refractivity contribution in [1.29, 1.82) is 0 Å². The van der Waals surface area contributed by atoms with E-state index in [0.29, 0.717) is 6.10 Å². The Bertz CT molecular complexity index is 1220. The highest BCUT2D eigenvalue weighted by atomic mass is 16.5. The van der Waals surface area contributed by atoms with Crippen LogP contribution in [0.2, 0.25) is 0 Å². The first-order chi connectivity index (χ1) is 14.1. The molecule has 0 bridgehead atoms. The number of hydrogen-bond acceptors (Lipinski definition) is 5. The van der Waals surface area contributed by atoms with Gasteiger partial charge in [0.2, 0.25) is 0 Å². The highest BCUT2D eigenvalue weighted by Gasteiger charge is 2.24. The summed E-state index contributed by atoms with van der Waals surface area (Å²) in [6.07, 6.45) is 4.26. The van der Waals surface area contributed by atoms with Gasteiger partial charge in [0.15, 0.2) is 5.69 Å². The maximum Gasteiger partial charge on any atom is 0.358 e. The van der Waals surface area contributed by atoms with E-state index in [0.717, 1.165) is 46.6 Å². The molecule has 0 atom stereocenters. The summed E-state index contributed by atoms with van der Waals surface area (Å²) in [6, 6.07) is 15.5. The molecule has 4 aromatic rings. The van der Waals surface area contributed by atoms with Gasteiger partial charge in [-0.15, -0.1) is 0 Å². The number of hydrogen-bond donors (Lipinski definition) is 0. The molecule has 0 N–H and O–H groups in total. The normalized spacial score (nSPS) is 13.6. The lowest BCUT2D eigenvalue weighted by atomic mass is 10.1. The molecule has 2 heterocycles. The third-order valence-corrected chi connectivity index (χ3v) is 5.01. The SMILES string of the molecule is COC(=O)c1cc(-c2cccc(OC3CC3)c2)n(-c2cccc3ncn(C)c23)n1. The fourth-order valence-corrected chi connectivity index (χ4v) is 3.44. The monoisotopic (exact) mass is 388 g/mol. The topological polar surface area (TPSA) is 71.2 Å². The van der Waals surface area contributed by atoms with Crippen LogP contribution in [0.15, 0.2) is 54.9 Å². The molecule has 2 aromatic carbocycles. The molecule has 7 heteroatoms. The number of rotatable bonds is 5. The quantitative estimate of drug-likeness (QED) is 0.487. The predicted molar refractivity (Wildman–Crippen MR) is 108 cm³/mol. The largest absolute Gasteiger partial charge is 0.490 e. The minimum Gasteiger partial charge on any atom is -0.490 e. The predicted octanol–water partition coefficient (Wildman–Crippen LogP) is 3.75. The third-order valence-electron chi connectivity index (χ3n) is 5.01. The number of carbonyl (C=O) groups excluding carboxylic acids is 1. The number of imidazole rings is 1. The second-order valence-electron chi connectivity index (χ2n) is 7.16. The Morgan fingerprint density at radius 2 is 1.97 bits per heavy atom. The van der Waals surface area contributed by atoms with Gasteiger partial charge in [-0.2, -0.15) is 5.10 Å². The molecule has 146 valence electrons. The summed E-state index contributed by atoms with van der Waals surface area (Å²) in [5.41, 5.74) is 4.55. The number of aromatic nitrogens is 4. The van der Waals surface area contributed by atoms with E-state index < -0.39 is 5.97 Å². The maximum absolute atomic E-state index is 12.2. The molecule has 1 aliphatic carbocycles. The molecule has 0 spiro atoms. The van der Waals surface area contributed by atoms with E-state index in [1.54, 1.807) is 17.1 Å². The van der Waals surface area contributed by atoms with Crippen LogP contribution in [0, 0.1) is 0 Å². The first-order valence-electron chi connectivity index (χ1n) is 9.50. The zero-order chi connectivity index (χ0) is 20.0. The van der Waals surface area contributed by atoms with Crippen molar-refractivity contribution in [1.82, 2.24) is 19.3 Å². The van der Waals surface area contributed by atoms with E-state index in [1.807, 2.05) is 54.1 Å². The van der Waals surface area contributed by atoms with Crippen LogP contribution in [0.5, 0.6) is 5.75 Å². The molecule has 2 aromatic heterocycles. The van der Waals surface area contributed by atoms with Gasteiger partial charge in [-0.05, 0) is 43.2 Å². The Morgan fingerprint density at radius 3 is 2.76 bits per heavy atom. The number of esters is 1. The summed E-state index contributed by atoms with van der Waals surface area (Å²) in [5.74, 6) is 0.337. The smallest absolute Gasteiger partial charge is 0.358 e. The van der Waals surface area contributed by atoms with Gasteiger partial charge in [0.05, 0.1) is 42.0 Å². The fraction of sp³-hybridized carbons (Fsp3) is 0.227. The Kier molecular flexibility index (Phi) is 4.08. The Hall–Kier alpha value is -3.61. The number of para-hydroxylation sites is 1. The summed E-state index contributed by atoms with van der Waals surface area (Å²) in [5, 5.41) is 4.56. The highest BCUT2D eigenvalue weighted by Crippen LogP contribution is 2.32. The standard InChI is InChI=1S/C22H20N4O3/c1-25-13-23-17-7-4-8-19(21(17)25)26-20(12-18(24-26)22(27)28-2)14-5-3-6-16(11-14)29-15-9-10-15/h3-8,11-13,15H,9-10H2,1-2H3. The average Bonchev–Trinajstić information content (AvgIpc) is 3.31. The lowest BCUT2D eigenvalue weighted by Crippen LogP contribution is -2.06. The van der Waals surface area contributed by atoms with Gasteiger partial charge in [-0.1, -0.05) is 18.2 Å². The highest BCUT2D eigenvalue weighted by molar-refractivity contribution is 5.90. The minimum absolute atomic E-state index is 0.246. The van der Waals surface area contributed by atoms with Gasteiger partial charge in [0.25, 0.3) is 0 Å². The summed E-state index contributed by atoms with van der Waals surface area (Å²) in [7, 11) is 3.29. The molecule has 0 saturated heterocycles. The number of ether oxygens (including phenoxy) is 2. The van der Waals surface area contributed by atoms with Gasteiger partial charge in [0.1, 0.15) is 5.75 Å². The molecule has 0 unspecified atom stereocenters. The summed E-state index contributed by atoms with van der Waals surface area (Å²) in [4.78, 5) is 16.6. The average molecular weight is 388 g/mol. The zero-order valence-electron chi connectivity index (χ0n) is 16.2. The molecule has 1 saturated carbocycles. The molecule has 1 aliphatic rings. The first kappa shape index (κ1) is 17.5. The molecular formula is C22H20N4O3. The van der Waals surface area contributed by atoms with E-state index >= 15 is 0 Å². The summed E-state index contributed by atoms with van der Waals surface area (Å²) in [6.45, 7) is 0. The van der Waals surface area contributed by atoms with E-state index in [9.17, 15) is 4.79 Å². The van der Waals surface area contributed by atoms with Crippen molar-refractivity contribution in [2.45, 2.75) is 18.9 Å². The summed E-state index contributed by atoms with van der Waals surface area (Å²) >= 11 is 0. The van der Waals surface area contributed by atoms with Gasteiger partial charge in [-0.25, -0.2) is 14.5 Å². The van der Waals surface area contributed by atoms with Crippen LogP contribution in [0.4, 0.5) is 0 Å². The van der Waals surface area contributed by atoms with Crippen molar-refractivity contribution in [3.8, 4) is 22.7 Å². The van der Waals surface area contributed by atoms with Crippen molar-refractivity contribution in [2.75, 3.05) is 7.11 Å². The number of carbonyl (C=O) groups is 1. The zero-order valence-corrected chi connectivity index (χ0v) is 16.2. The van der Waals surface area contributed by atoms with E-state index in [1.165, 1.54) is 7.11 Å². The van der Waals surface area contributed by atoms with Crippen LogP contribution in [0.1, 0.15) is 23.3 Å². The van der Waals surface area contributed by atoms with Crippen LogP contribution < -0.4 is 4.74 Å². The second kappa shape index (κ2) is 6.77. The number of benzene rings is 2. The Labute approximate surface area is 167 Å². The lowest BCUT2D eigenvalue weighted by Gasteiger charge is -2.11. The molecule has 1 fully saturated rings. The first-order valence-corrected chi connectivity index (χ1v) is 9.50. The number of aryl methyl sites for hydroxylation is 1. The van der Waals surface area contributed by atoms with Gasteiger partial charge >= 0.3 is 5.97 Å². The molecule has 7 nitrogen and oxygen atoms in total. The second-order valence-corrected chi connectivity index (χ2v) is 7.16. The van der Waals surface area contributed by atoms with Crippen molar-refractivity contribution >= 4 is 17.0 Å². The number of methoxy groups -OCH3 is 1. The van der Waals surface area contributed by atoms with Crippen LogP contribution in [0.25, 0.3) is 28.0 Å². The van der Waals surface area contributed by atoms with Crippen LogP contribution >= 0.6 is 0 Å². The van der Waals surface area contributed by atoms with E-state index in [4.69, 9.17) is 9.47 Å². The molecular weight excluding hydrogens is 368 g/mol. The van der Waals surface area contributed by atoms with E-state index in [-0.39, 0.29) is 5.69 Å². The van der Waals surface area contributed by atoms with Crippen molar-refractivity contribution in [2.24, 2.45) is 7.05 Å². The minimum atomic E-state index is -0.479. The molecule has 29 heavy (non-hydrogen) atoms. The molecule has 5 rings (SSSR count). The fourth-order valence-electron chi connectivity index (χ4n) is 3.44. The third kappa shape index (κ3) is 3.14. The van der Waals surface area contributed by atoms with E-state index in [2.05, 4.69) is 10.1 Å². The lowest BCUT2D eigenvalue weighted by molar-refractivity contribution is 0.0593. The number of fused-ring (bicyclic) bond motifs is 1. The van der Waals surface area contributed by atoms with Crippen molar-refractivity contribution in [3.05, 3.63) is 60.6 Å². The van der Waals surface area contributed by atoms with Gasteiger partial charge < -0.3 is 14.0 Å². The van der Waals surface area contributed by atoms with Crippen molar-refractivity contribution < 1.29 is 14.3 Å². The molecule has 0 radical (unpaired) electrons. The molecule has 0 aliphatic heterocycles. The Morgan fingerprint density at radius 1 is 1.14 bits per heavy atom.